The van der Waals surface area contributed by atoms with Crippen molar-refractivity contribution in [3.63, 3.8) is 0 Å². The van der Waals surface area contributed by atoms with Gasteiger partial charge in [0, 0.05) is 6.07 Å². The van der Waals surface area contributed by atoms with Gasteiger partial charge in [-0.05, 0) is 24.3 Å². The van der Waals surface area contributed by atoms with Crippen LogP contribution < -0.4 is 15.2 Å². The molecule has 2 rings (SSSR count). The number of nitrogen functional groups attached to an aromatic ring is 1. The fourth-order valence-electron chi connectivity index (χ4n) is 1.60. The third-order valence-electron chi connectivity index (χ3n) is 2.59. The van der Waals surface area contributed by atoms with Crippen LogP contribution in [0.2, 0.25) is 0 Å². The van der Waals surface area contributed by atoms with Gasteiger partial charge >= 0.3 is 0 Å². The summed E-state index contributed by atoms with van der Waals surface area (Å²) in [6, 6.07) is 13.0. The average Bonchev–Trinajstić information content (AvgIpc) is 2.45. The third-order valence-corrected chi connectivity index (χ3v) is 2.59. The zero-order valence-electron chi connectivity index (χ0n) is 10.7. The lowest BCUT2D eigenvalue weighted by Gasteiger charge is -2.10. The van der Waals surface area contributed by atoms with Crippen molar-refractivity contribution in [1.29, 1.82) is 5.26 Å². The van der Waals surface area contributed by atoms with Gasteiger partial charge in [-0.2, -0.15) is 5.26 Å². The minimum absolute atomic E-state index is 0.00865. The fraction of sp³-hybridized carbons (Fsp3) is 0.133. The van der Waals surface area contributed by atoms with Gasteiger partial charge in [-0.1, -0.05) is 12.1 Å². The molecule has 0 aliphatic carbocycles. The number of ether oxygens (including phenoxy) is 2. The molecular weight excluding hydrogens is 259 g/mol. The summed E-state index contributed by atoms with van der Waals surface area (Å²) in [6.07, 6.45) is 0. The Morgan fingerprint density at radius 3 is 2.55 bits per heavy atom. The van der Waals surface area contributed by atoms with Gasteiger partial charge in [0.25, 0.3) is 0 Å². The second-order valence-corrected chi connectivity index (χ2v) is 3.99. The van der Waals surface area contributed by atoms with E-state index in [4.69, 9.17) is 20.5 Å². The first kappa shape index (κ1) is 13.7. The maximum absolute atomic E-state index is 13.3. The number of hydrogen-bond donors (Lipinski definition) is 1. The van der Waals surface area contributed by atoms with Gasteiger partial charge in [0.15, 0.2) is 0 Å². The van der Waals surface area contributed by atoms with E-state index in [1.807, 2.05) is 12.1 Å². The molecule has 0 unspecified atom stereocenters. The van der Waals surface area contributed by atoms with Crippen LogP contribution in [0.25, 0.3) is 0 Å². The predicted molar refractivity (Wildman–Crippen MR) is 73.0 cm³/mol. The van der Waals surface area contributed by atoms with Crippen LogP contribution in [0.15, 0.2) is 42.5 Å². The topological polar surface area (TPSA) is 68.3 Å². The SMILES string of the molecule is N#Cc1ccc(OCCOc2ccccc2N)cc1F. The third kappa shape index (κ3) is 3.39. The summed E-state index contributed by atoms with van der Waals surface area (Å²) in [7, 11) is 0. The second kappa shape index (κ2) is 6.43. The molecule has 20 heavy (non-hydrogen) atoms. The van der Waals surface area contributed by atoms with E-state index in [0.717, 1.165) is 0 Å². The van der Waals surface area contributed by atoms with Gasteiger partial charge in [0.1, 0.15) is 36.6 Å². The number of hydrogen-bond acceptors (Lipinski definition) is 4. The van der Waals surface area contributed by atoms with Gasteiger partial charge in [0.05, 0.1) is 11.3 Å². The zero-order valence-corrected chi connectivity index (χ0v) is 10.7. The Hall–Kier alpha value is -2.74. The summed E-state index contributed by atoms with van der Waals surface area (Å²) in [5, 5.41) is 8.61. The van der Waals surface area contributed by atoms with E-state index in [1.165, 1.54) is 12.1 Å². The highest BCUT2D eigenvalue weighted by Gasteiger charge is 2.03. The highest BCUT2D eigenvalue weighted by molar-refractivity contribution is 5.51. The quantitative estimate of drug-likeness (QED) is 0.671. The molecule has 0 radical (unpaired) electrons. The van der Waals surface area contributed by atoms with Crippen LogP contribution in [-0.4, -0.2) is 13.2 Å². The highest BCUT2D eigenvalue weighted by atomic mass is 19.1. The Morgan fingerprint density at radius 2 is 1.85 bits per heavy atom. The Morgan fingerprint density at radius 1 is 1.10 bits per heavy atom. The number of nitrogens with zero attached hydrogens (tertiary/aromatic N) is 1. The van der Waals surface area contributed by atoms with Crippen molar-refractivity contribution in [2.24, 2.45) is 0 Å². The molecule has 0 aliphatic rings. The largest absolute Gasteiger partial charge is 0.490 e. The lowest BCUT2D eigenvalue weighted by molar-refractivity contribution is 0.217. The van der Waals surface area contributed by atoms with Crippen molar-refractivity contribution in [1.82, 2.24) is 0 Å². The monoisotopic (exact) mass is 272 g/mol. The maximum atomic E-state index is 13.3. The molecular formula is C15H13FN2O2. The minimum atomic E-state index is -0.599. The Labute approximate surface area is 116 Å². The van der Waals surface area contributed by atoms with Gasteiger partial charge in [-0.3, -0.25) is 0 Å². The van der Waals surface area contributed by atoms with E-state index in [2.05, 4.69) is 0 Å². The molecule has 0 amide bonds. The van der Waals surface area contributed by atoms with Crippen LogP contribution in [-0.2, 0) is 0 Å². The highest BCUT2D eigenvalue weighted by Crippen LogP contribution is 2.20. The average molecular weight is 272 g/mol. The first-order chi connectivity index (χ1) is 9.70. The molecule has 0 spiro atoms. The first-order valence-corrected chi connectivity index (χ1v) is 6.00. The Kier molecular flexibility index (Phi) is 4.40. The molecule has 0 bridgehead atoms. The number of benzene rings is 2. The van der Waals surface area contributed by atoms with Crippen molar-refractivity contribution in [3.05, 3.63) is 53.8 Å². The summed E-state index contributed by atoms with van der Waals surface area (Å²) in [5.41, 5.74) is 6.26. The fourth-order valence-corrected chi connectivity index (χ4v) is 1.60. The normalized spacial score (nSPS) is 9.80. The molecule has 0 aliphatic heterocycles. The zero-order chi connectivity index (χ0) is 14.4. The van der Waals surface area contributed by atoms with Crippen LogP contribution in [0.1, 0.15) is 5.56 Å². The number of nitrogens with two attached hydrogens (primary N) is 1. The standard InChI is InChI=1S/C15H13FN2O2/c16-13-9-12(6-5-11(13)10-17)19-7-8-20-15-4-2-1-3-14(15)18/h1-6,9H,7-8,18H2. The first-order valence-electron chi connectivity index (χ1n) is 6.00. The van der Waals surface area contributed by atoms with Gasteiger partial charge in [-0.25, -0.2) is 4.39 Å². The number of anilines is 1. The van der Waals surface area contributed by atoms with E-state index in [1.54, 1.807) is 24.3 Å². The number of halogens is 1. The summed E-state index contributed by atoms with van der Waals surface area (Å²) in [5.74, 6) is 0.339. The molecule has 102 valence electrons. The predicted octanol–water partition coefficient (Wildman–Crippen LogP) is 2.74. The Balaban J connectivity index is 1.83. The summed E-state index contributed by atoms with van der Waals surface area (Å²) < 4.78 is 24.1. The Bertz CT molecular complexity index is 638. The molecule has 0 saturated heterocycles. The summed E-state index contributed by atoms with van der Waals surface area (Å²) in [6.45, 7) is 0.537. The van der Waals surface area contributed by atoms with E-state index in [-0.39, 0.29) is 18.8 Å². The van der Waals surface area contributed by atoms with Crippen LogP contribution in [0.3, 0.4) is 0 Å². The number of rotatable bonds is 5. The van der Waals surface area contributed by atoms with Crippen molar-refractivity contribution in [2.45, 2.75) is 0 Å². The van der Waals surface area contributed by atoms with Crippen molar-refractivity contribution in [2.75, 3.05) is 18.9 Å². The maximum Gasteiger partial charge on any atom is 0.144 e. The van der Waals surface area contributed by atoms with Crippen molar-refractivity contribution in [3.8, 4) is 17.6 Å². The lowest BCUT2D eigenvalue weighted by atomic mass is 10.2. The van der Waals surface area contributed by atoms with E-state index in [9.17, 15) is 4.39 Å². The van der Waals surface area contributed by atoms with Crippen LogP contribution in [0.4, 0.5) is 10.1 Å². The second-order valence-electron chi connectivity index (χ2n) is 3.99. The van der Waals surface area contributed by atoms with Gasteiger partial charge in [0.2, 0.25) is 0 Å². The molecule has 0 heterocycles. The van der Waals surface area contributed by atoms with Crippen LogP contribution in [0.5, 0.6) is 11.5 Å². The molecule has 2 N–H and O–H groups in total. The minimum Gasteiger partial charge on any atom is -0.490 e. The van der Waals surface area contributed by atoms with Crippen LogP contribution >= 0.6 is 0 Å². The lowest BCUT2D eigenvalue weighted by Crippen LogP contribution is -2.10. The van der Waals surface area contributed by atoms with Crippen molar-refractivity contribution >= 4 is 5.69 Å². The van der Waals surface area contributed by atoms with E-state index in [0.29, 0.717) is 17.2 Å². The van der Waals surface area contributed by atoms with Crippen LogP contribution in [0, 0.1) is 17.1 Å². The number of nitriles is 1. The van der Waals surface area contributed by atoms with Gasteiger partial charge in [-0.15, -0.1) is 0 Å². The molecule has 5 heteroatoms. The molecule has 2 aromatic carbocycles. The van der Waals surface area contributed by atoms with Crippen molar-refractivity contribution < 1.29 is 13.9 Å². The molecule has 2 aromatic rings. The summed E-state index contributed by atoms with van der Waals surface area (Å²) in [4.78, 5) is 0. The molecule has 0 atom stereocenters. The van der Waals surface area contributed by atoms with E-state index >= 15 is 0 Å². The smallest absolute Gasteiger partial charge is 0.144 e. The molecule has 0 saturated carbocycles. The number of para-hydroxylation sites is 2. The van der Waals surface area contributed by atoms with Gasteiger partial charge < -0.3 is 15.2 Å². The molecule has 4 nitrogen and oxygen atoms in total. The molecule has 0 fully saturated rings. The van der Waals surface area contributed by atoms with E-state index < -0.39 is 5.82 Å². The summed E-state index contributed by atoms with van der Waals surface area (Å²) >= 11 is 0. The molecule has 0 aromatic heterocycles.